The highest BCUT2D eigenvalue weighted by atomic mass is 35.5. The number of anilines is 1. The predicted octanol–water partition coefficient (Wildman–Crippen LogP) is 4.03. The van der Waals surface area contributed by atoms with Gasteiger partial charge in [0.25, 0.3) is 0 Å². The first-order valence-electron chi connectivity index (χ1n) is 7.28. The number of nitrogens with zero attached hydrogens (tertiary/aromatic N) is 1. The number of aromatic nitrogens is 1. The highest BCUT2D eigenvalue weighted by molar-refractivity contribution is 6.32. The van der Waals surface area contributed by atoms with Gasteiger partial charge in [-0.05, 0) is 37.8 Å². The van der Waals surface area contributed by atoms with Gasteiger partial charge in [0.1, 0.15) is 5.82 Å². The zero-order valence-electron chi connectivity index (χ0n) is 11.2. The van der Waals surface area contributed by atoms with Gasteiger partial charge in [-0.1, -0.05) is 30.9 Å². The fourth-order valence-corrected chi connectivity index (χ4v) is 3.56. The first-order valence-corrected chi connectivity index (χ1v) is 7.66. The van der Waals surface area contributed by atoms with Crippen LogP contribution < -0.4 is 5.32 Å². The molecule has 19 heavy (non-hydrogen) atoms. The fourth-order valence-electron chi connectivity index (χ4n) is 3.38. The van der Waals surface area contributed by atoms with Crippen LogP contribution in [0.5, 0.6) is 0 Å². The van der Waals surface area contributed by atoms with Gasteiger partial charge in [-0.25, -0.2) is 4.98 Å². The van der Waals surface area contributed by atoms with Gasteiger partial charge < -0.3 is 10.1 Å². The van der Waals surface area contributed by atoms with Crippen LogP contribution in [0.2, 0.25) is 5.02 Å². The Morgan fingerprint density at radius 3 is 2.95 bits per heavy atom. The van der Waals surface area contributed by atoms with E-state index < -0.39 is 0 Å². The van der Waals surface area contributed by atoms with Crippen molar-refractivity contribution >= 4 is 17.4 Å². The molecular formula is C15H21ClN2O. The Labute approximate surface area is 119 Å². The Morgan fingerprint density at radius 1 is 1.32 bits per heavy atom. The molecule has 1 unspecified atom stereocenters. The van der Waals surface area contributed by atoms with Crippen LogP contribution in [0.15, 0.2) is 18.3 Å². The molecule has 3 rings (SSSR count). The van der Waals surface area contributed by atoms with Crippen molar-refractivity contribution in [3.63, 3.8) is 0 Å². The van der Waals surface area contributed by atoms with Gasteiger partial charge in [0.05, 0.1) is 10.6 Å². The van der Waals surface area contributed by atoms with E-state index in [4.69, 9.17) is 16.3 Å². The van der Waals surface area contributed by atoms with E-state index in [-0.39, 0.29) is 5.60 Å². The smallest absolute Gasteiger partial charge is 0.144 e. The van der Waals surface area contributed by atoms with Gasteiger partial charge in [0, 0.05) is 18.8 Å². The zero-order chi connectivity index (χ0) is 13.1. The number of rotatable bonds is 2. The highest BCUT2D eigenvalue weighted by Crippen LogP contribution is 2.39. The molecule has 1 aromatic rings. The standard InChI is InChI=1S/C15H21ClN2O/c16-13-5-4-9-17-14(13)18-12-6-10-19-15(11-12)7-2-1-3-8-15/h4-5,9,12H,1-3,6-8,10-11H2,(H,17,18). The van der Waals surface area contributed by atoms with E-state index in [1.807, 2.05) is 12.1 Å². The van der Waals surface area contributed by atoms with E-state index >= 15 is 0 Å². The molecule has 4 heteroatoms. The molecule has 1 aliphatic heterocycles. The van der Waals surface area contributed by atoms with Crippen LogP contribution >= 0.6 is 11.6 Å². The lowest BCUT2D eigenvalue weighted by Gasteiger charge is -2.43. The maximum Gasteiger partial charge on any atom is 0.144 e. The largest absolute Gasteiger partial charge is 0.375 e. The van der Waals surface area contributed by atoms with E-state index in [0.29, 0.717) is 11.1 Å². The van der Waals surface area contributed by atoms with Gasteiger partial charge in [-0.2, -0.15) is 0 Å². The normalized spacial score (nSPS) is 26.3. The molecule has 1 saturated carbocycles. The van der Waals surface area contributed by atoms with Crippen LogP contribution in [0.3, 0.4) is 0 Å². The van der Waals surface area contributed by atoms with Gasteiger partial charge >= 0.3 is 0 Å². The first kappa shape index (κ1) is 13.2. The van der Waals surface area contributed by atoms with Crippen LogP contribution in [-0.2, 0) is 4.74 Å². The molecule has 0 aromatic carbocycles. The van der Waals surface area contributed by atoms with Gasteiger partial charge in [-0.15, -0.1) is 0 Å². The third kappa shape index (κ3) is 3.03. The van der Waals surface area contributed by atoms with Crippen LogP contribution in [0.4, 0.5) is 5.82 Å². The summed E-state index contributed by atoms with van der Waals surface area (Å²) in [5.74, 6) is 0.807. The molecule has 0 radical (unpaired) electrons. The molecule has 104 valence electrons. The monoisotopic (exact) mass is 280 g/mol. The Bertz CT molecular complexity index is 426. The molecular weight excluding hydrogens is 260 g/mol. The molecule has 2 fully saturated rings. The number of hydrogen-bond donors (Lipinski definition) is 1. The molecule has 0 bridgehead atoms. The van der Waals surface area contributed by atoms with Crippen LogP contribution in [-0.4, -0.2) is 23.2 Å². The van der Waals surface area contributed by atoms with Crippen molar-refractivity contribution in [2.45, 2.75) is 56.6 Å². The lowest BCUT2D eigenvalue weighted by atomic mass is 9.78. The second-order valence-corrected chi connectivity index (χ2v) is 6.17. The Balaban J connectivity index is 1.67. The molecule has 2 heterocycles. The fraction of sp³-hybridized carbons (Fsp3) is 0.667. The van der Waals surface area contributed by atoms with Crippen molar-refractivity contribution in [3.05, 3.63) is 23.4 Å². The summed E-state index contributed by atoms with van der Waals surface area (Å²) in [7, 11) is 0. The lowest BCUT2D eigenvalue weighted by Crippen LogP contribution is -2.45. The maximum absolute atomic E-state index is 6.16. The summed E-state index contributed by atoms with van der Waals surface area (Å²) in [6.45, 7) is 0.849. The summed E-state index contributed by atoms with van der Waals surface area (Å²) in [6, 6.07) is 4.17. The van der Waals surface area contributed by atoms with Crippen molar-refractivity contribution < 1.29 is 4.74 Å². The summed E-state index contributed by atoms with van der Waals surface area (Å²) in [4.78, 5) is 4.32. The Hall–Kier alpha value is -0.800. The molecule has 2 aliphatic rings. The lowest BCUT2D eigenvalue weighted by molar-refractivity contribution is -0.103. The summed E-state index contributed by atoms with van der Waals surface area (Å²) in [5, 5.41) is 4.20. The molecule has 0 amide bonds. The van der Waals surface area contributed by atoms with Gasteiger partial charge in [0.15, 0.2) is 0 Å². The van der Waals surface area contributed by atoms with Gasteiger partial charge in [-0.3, -0.25) is 0 Å². The van der Waals surface area contributed by atoms with Crippen molar-refractivity contribution in [2.24, 2.45) is 0 Å². The Kier molecular flexibility index (Phi) is 3.94. The summed E-state index contributed by atoms with van der Waals surface area (Å²) >= 11 is 6.16. The van der Waals surface area contributed by atoms with Crippen molar-refractivity contribution in [2.75, 3.05) is 11.9 Å². The number of halogens is 1. The number of pyridine rings is 1. The molecule has 1 saturated heterocycles. The summed E-state index contributed by atoms with van der Waals surface area (Å²) < 4.78 is 6.11. The third-order valence-electron chi connectivity index (χ3n) is 4.36. The van der Waals surface area contributed by atoms with E-state index in [2.05, 4.69) is 10.3 Å². The number of nitrogens with one attached hydrogen (secondary N) is 1. The summed E-state index contributed by atoms with van der Waals surface area (Å²) in [6.07, 6.45) is 10.3. The average molecular weight is 281 g/mol. The minimum absolute atomic E-state index is 0.120. The molecule has 1 N–H and O–H groups in total. The van der Waals surface area contributed by atoms with Crippen LogP contribution in [0, 0.1) is 0 Å². The number of hydrogen-bond acceptors (Lipinski definition) is 3. The SMILES string of the molecule is Clc1cccnc1NC1CCOC2(CCCCC2)C1. The van der Waals surface area contributed by atoms with E-state index in [9.17, 15) is 0 Å². The van der Waals surface area contributed by atoms with Crippen molar-refractivity contribution in [3.8, 4) is 0 Å². The molecule has 1 spiro atoms. The second-order valence-electron chi connectivity index (χ2n) is 5.76. The highest BCUT2D eigenvalue weighted by Gasteiger charge is 2.38. The summed E-state index contributed by atoms with van der Waals surface area (Å²) in [5.41, 5.74) is 0.120. The van der Waals surface area contributed by atoms with E-state index in [1.165, 1.54) is 32.1 Å². The average Bonchev–Trinajstić information content (AvgIpc) is 2.42. The topological polar surface area (TPSA) is 34.2 Å². The van der Waals surface area contributed by atoms with E-state index in [1.54, 1.807) is 6.20 Å². The quantitative estimate of drug-likeness (QED) is 0.888. The minimum Gasteiger partial charge on any atom is -0.375 e. The van der Waals surface area contributed by atoms with Crippen molar-refractivity contribution in [1.29, 1.82) is 0 Å². The second kappa shape index (κ2) is 5.68. The molecule has 3 nitrogen and oxygen atoms in total. The van der Waals surface area contributed by atoms with Crippen LogP contribution in [0.25, 0.3) is 0 Å². The zero-order valence-corrected chi connectivity index (χ0v) is 12.0. The first-order chi connectivity index (χ1) is 9.27. The Morgan fingerprint density at radius 2 is 2.16 bits per heavy atom. The third-order valence-corrected chi connectivity index (χ3v) is 4.66. The van der Waals surface area contributed by atoms with Crippen LogP contribution in [0.1, 0.15) is 44.9 Å². The number of ether oxygens (including phenoxy) is 1. The van der Waals surface area contributed by atoms with Gasteiger partial charge in [0.2, 0.25) is 0 Å². The molecule has 1 aromatic heterocycles. The predicted molar refractivity (Wildman–Crippen MR) is 77.7 cm³/mol. The van der Waals surface area contributed by atoms with Crippen molar-refractivity contribution in [1.82, 2.24) is 4.98 Å². The molecule has 1 atom stereocenters. The molecule has 1 aliphatic carbocycles. The minimum atomic E-state index is 0.120. The maximum atomic E-state index is 6.16. The van der Waals surface area contributed by atoms with E-state index in [0.717, 1.165) is 25.3 Å².